The second-order valence-electron chi connectivity index (χ2n) is 9.25. The Morgan fingerprint density at radius 1 is 0.639 bits per heavy atom. The first-order chi connectivity index (χ1) is 17.1. The smallest absolute Gasteiger partial charge is 0.246 e. The van der Waals surface area contributed by atoms with Crippen LogP contribution in [0.3, 0.4) is 0 Å². The lowest BCUT2D eigenvalue weighted by molar-refractivity contribution is -0.159. The molecule has 0 radical (unpaired) electrons. The van der Waals surface area contributed by atoms with E-state index in [1.54, 1.807) is 20.8 Å². The van der Waals surface area contributed by atoms with Crippen LogP contribution < -0.4 is 16.0 Å². The average molecular weight is 508 g/mol. The van der Waals surface area contributed by atoms with Gasteiger partial charge in [-0.2, -0.15) is 0 Å². The Morgan fingerprint density at radius 2 is 0.972 bits per heavy atom. The molecule has 3 N–H and O–H groups in total. The lowest BCUT2D eigenvalue weighted by Crippen LogP contribution is -2.46. The summed E-state index contributed by atoms with van der Waals surface area (Å²) in [5.74, 6) is -0.464. The fourth-order valence-corrected chi connectivity index (χ4v) is 3.62. The van der Waals surface area contributed by atoms with E-state index in [2.05, 4.69) is 35.7 Å². The highest BCUT2D eigenvalue weighted by Gasteiger charge is 2.35. The summed E-state index contributed by atoms with van der Waals surface area (Å²) in [6.45, 7) is 18.9. The van der Waals surface area contributed by atoms with E-state index in [4.69, 9.17) is 14.2 Å². The van der Waals surface area contributed by atoms with Crippen molar-refractivity contribution in [2.45, 2.75) is 77.6 Å². The van der Waals surface area contributed by atoms with Crippen molar-refractivity contribution in [3.63, 3.8) is 0 Å². The molecule has 1 aliphatic carbocycles. The van der Waals surface area contributed by atoms with Gasteiger partial charge in [0.1, 0.15) is 6.10 Å². The zero-order chi connectivity index (χ0) is 26.9. The molecule has 9 heteroatoms. The monoisotopic (exact) mass is 507 g/mol. The highest BCUT2D eigenvalue weighted by Crippen LogP contribution is 2.27. The number of amides is 3. The first kappa shape index (κ1) is 31.5. The predicted molar refractivity (Wildman–Crippen MR) is 140 cm³/mol. The van der Waals surface area contributed by atoms with Crippen LogP contribution >= 0.6 is 0 Å². The number of nitrogens with one attached hydrogen (secondary N) is 3. The molecule has 3 amide bonds. The topological polar surface area (TPSA) is 115 Å². The van der Waals surface area contributed by atoms with Gasteiger partial charge in [0.25, 0.3) is 0 Å². The van der Waals surface area contributed by atoms with Gasteiger partial charge in [-0.3, -0.25) is 14.4 Å². The molecule has 0 aromatic rings. The molecule has 0 heterocycles. The van der Waals surface area contributed by atoms with Gasteiger partial charge in [-0.1, -0.05) is 19.7 Å². The summed E-state index contributed by atoms with van der Waals surface area (Å²) in [4.78, 5) is 34.9. The molecular weight excluding hydrogens is 462 g/mol. The van der Waals surface area contributed by atoms with Crippen molar-refractivity contribution in [1.29, 1.82) is 0 Å². The molecule has 36 heavy (non-hydrogen) atoms. The predicted octanol–water partition coefficient (Wildman–Crippen LogP) is 2.57. The summed E-state index contributed by atoms with van der Waals surface area (Å²) < 4.78 is 18.5. The average Bonchev–Trinajstić information content (AvgIpc) is 2.83. The van der Waals surface area contributed by atoms with Gasteiger partial charge >= 0.3 is 0 Å². The van der Waals surface area contributed by atoms with E-state index in [-0.39, 0.29) is 36.0 Å². The van der Waals surface area contributed by atoms with E-state index in [9.17, 15) is 14.4 Å². The number of hydrogen-bond donors (Lipinski definition) is 3. The number of carbonyl (C=O) groups is 3. The third-order valence-corrected chi connectivity index (χ3v) is 5.67. The molecule has 2 unspecified atom stereocenters. The summed E-state index contributed by atoms with van der Waals surface area (Å²) in [5.41, 5.74) is 1.44. The molecule has 1 saturated carbocycles. The first-order valence-corrected chi connectivity index (χ1v) is 12.8. The fraction of sp³-hybridized carbons (Fsp3) is 0.667. The van der Waals surface area contributed by atoms with Crippen molar-refractivity contribution in [3.05, 3.63) is 36.5 Å². The van der Waals surface area contributed by atoms with E-state index in [1.807, 2.05) is 0 Å². The summed E-state index contributed by atoms with van der Waals surface area (Å²) in [6, 6.07) is 0. The molecule has 0 aromatic heterocycles. The molecule has 204 valence electrons. The van der Waals surface area contributed by atoms with Gasteiger partial charge < -0.3 is 30.2 Å². The Labute approximate surface area is 216 Å². The SMILES string of the molecule is C=C(C)C(=O)NCCCOC1CCCC(OCCCNC(=O)C(=C)C)C1OCCCNC(=O)C(=C)C. The summed E-state index contributed by atoms with van der Waals surface area (Å²) in [6.07, 6.45) is 4.25. The number of hydrogen-bond acceptors (Lipinski definition) is 6. The molecule has 0 saturated heterocycles. The van der Waals surface area contributed by atoms with Gasteiger partial charge in [-0.15, -0.1) is 0 Å². The number of carbonyl (C=O) groups excluding carboxylic acids is 3. The minimum Gasteiger partial charge on any atom is -0.375 e. The summed E-state index contributed by atoms with van der Waals surface area (Å²) in [7, 11) is 0. The number of rotatable bonds is 18. The molecule has 0 bridgehead atoms. The molecule has 1 aliphatic rings. The zero-order valence-corrected chi connectivity index (χ0v) is 22.3. The Hall–Kier alpha value is -2.49. The van der Waals surface area contributed by atoms with Crippen LogP contribution in [0.5, 0.6) is 0 Å². The molecule has 2 atom stereocenters. The highest BCUT2D eigenvalue weighted by molar-refractivity contribution is 5.92. The Kier molecular flexibility index (Phi) is 15.6. The van der Waals surface area contributed by atoms with Gasteiger partial charge in [0, 0.05) is 56.2 Å². The van der Waals surface area contributed by atoms with E-state index in [0.29, 0.717) is 75.4 Å². The second kappa shape index (κ2) is 17.9. The molecule has 1 fully saturated rings. The maximum Gasteiger partial charge on any atom is 0.246 e. The minimum atomic E-state index is -0.231. The van der Waals surface area contributed by atoms with Gasteiger partial charge in [-0.25, -0.2) is 0 Å². The fourth-order valence-electron chi connectivity index (χ4n) is 3.62. The standard InChI is InChI=1S/C27H45N3O6/c1-19(2)25(31)28-13-8-16-34-22-11-7-12-23(35-17-9-14-29-26(32)20(3)4)24(22)36-18-10-15-30-27(33)21(5)6/h22-24H,1,3,5,7-18H2,2,4,6H3,(H,28,31)(H,29,32)(H,30,33). The molecule has 0 aliphatic heterocycles. The van der Waals surface area contributed by atoms with Crippen LogP contribution in [0.25, 0.3) is 0 Å². The maximum absolute atomic E-state index is 11.7. The van der Waals surface area contributed by atoms with Crippen LogP contribution in [0.15, 0.2) is 36.5 Å². The van der Waals surface area contributed by atoms with Gasteiger partial charge in [0.05, 0.1) is 12.2 Å². The third kappa shape index (κ3) is 13.0. The Balaban J connectivity index is 2.54. The zero-order valence-electron chi connectivity index (χ0n) is 22.3. The normalized spacial score (nSPS) is 19.2. The van der Waals surface area contributed by atoms with Gasteiger partial charge in [0.2, 0.25) is 17.7 Å². The molecule has 1 rings (SSSR count). The van der Waals surface area contributed by atoms with Crippen LogP contribution in [-0.2, 0) is 28.6 Å². The van der Waals surface area contributed by atoms with E-state index < -0.39 is 0 Å². The molecule has 9 nitrogen and oxygen atoms in total. The van der Waals surface area contributed by atoms with Crippen molar-refractivity contribution in [1.82, 2.24) is 16.0 Å². The quantitative estimate of drug-likeness (QED) is 0.194. The van der Waals surface area contributed by atoms with E-state index >= 15 is 0 Å². The van der Waals surface area contributed by atoms with Gasteiger partial charge in [0.15, 0.2) is 0 Å². The van der Waals surface area contributed by atoms with E-state index in [0.717, 1.165) is 19.3 Å². The van der Waals surface area contributed by atoms with Crippen LogP contribution in [0.4, 0.5) is 0 Å². The van der Waals surface area contributed by atoms with Crippen molar-refractivity contribution in [2.24, 2.45) is 0 Å². The lowest BCUT2D eigenvalue weighted by atomic mass is 9.91. The van der Waals surface area contributed by atoms with Crippen molar-refractivity contribution in [2.75, 3.05) is 39.5 Å². The van der Waals surface area contributed by atoms with E-state index in [1.165, 1.54) is 0 Å². The number of ether oxygens (including phenoxy) is 3. The van der Waals surface area contributed by atoms with Crippen molar-refractivity contribution < 1.29 is 28.6 Å². The Morgan fingerprint density at radius 3 is 1.31 bits per heavy atom. The van der Waals surface area contributed by atoms with Crippen LogP contribution in [-0.4, -0.2) is 75.5 Å². The van der Waals surface area contributed by atoms with Crippen LogP contribution in [0, 0.1) is 0 Å². The third-order valence-electron chi connectivity index (χ3n) is 5.67. The minimum absolute atomic E-state index is 0.117. The second-order valence-corrected chi connectivity index (χ2v) is 9.25. The van der Waals surface area contributed by atoms with Gasteiger partial charge in [-0.05, 0) is 59.3 Å². The Bertz CT molecular complexity index is 723. The van der Waals surface area contributed by atoms with Crippen LogP contribution in [0.2, 0.25) is 0 Å². The molecule has 0 aromatic carbocycles. The van der Waals surface area contributed by atoms with Crippen molar-refractivity contribution >= 4 is 17.7 Å². The molecule has 0 spiro atoms. The lowest BCUT2D eigenvalue weighted by Gasteiger charge is -2.37. The summed E-state index contributed by atoms with van der Waals surface area (Å²) in [5, 5.41) is 8.43. The first-order valence-electron chi connectivity index (χ1n) is 12.8. The van der Waals surface area contributed by atoms with Crippen LogP contribution in [0.1, 0.15) is 59.3 Å². The maximum atomic E-state index is 11.7. The molecular formula is C27H45N3O6. The highest BCUT2D eigenvalue weighted by atomic mass is 16.6. The van der Waals surface area contributed by atoms with Crippen molar-refractivity contribution in [3.8, 4) is 0 Å². The largest absolute Gasteiger partial charge is 0.375 e. The summed E-state index contributed by atoms with van der Waals surface area (Å²) >= 11 is 0.